The second-order valence-corrected chi connectivity index (χ2v) is 6.64. The van der Waals surface area contributed by atoms with Crippen LogP contribution in [0.5, 0.6) is 0 Å². The van der Waals surface area contributed by atoms with Gasteiger partial charge in [-0.3, -0.25) is 9.78 Å². The first-order chi connectivity index (χ1) is 12.1. The third-order valence-electron chi connectivity index (χ3n) is 3.58. The van der Waals surface area contributed by atoms with Crippen LogP contribution in [0.15, 0.2) is 70.4 Å². The van der Waals surface area contributed by atoms with Crippen molar-refractivity contribution in [3.8, 4) is 0 Å². The van der Waals surface area contributed by atoms with Gasteiger partial charge in [-0.15, -0.1) is 0 Å². The topological polar surface area (TPSA) is 58.4 Å². The molecule has 0 aliphatic rings. The molecule has 128 valence electrons. The molecule has 1 aromatic carbocycles. The number of furan rings is 1. The largest absolute Gasteiger partial charge is 0.445 e. The molecule has 0 spiro atoms. The Morgan fingerprint density at radius 3 is 2.48 bits per heavy atom. The Bertz CT molecular complexity index is 829. The lowest BCUT2D eigenvalue weighted by atomic mass is 10.2. The Morgan fingerprint density at radius 2 is 1.80 bits per heavy atom. The molecule has 0 atom stereocenters. The van der Waals surface area contributed by atoms with Gasteiger partial charge in [-0.05, 0) is 54.1 Å². The van der Waals surface area contributed by atoms with Crippen LogP contribution in [0.3, 0.4) is 0 Å². The average Bonchev–Trinajstić information content (AvgIpc) is 3.10. The normalized spacial score (nSPS) is 10.5. The second-order valence-electron chi connectivity index (χ2n) is 5.66. The summed E-state index contributed by atoms with van der Waals surface area (Å²) in [5.41, 5.74) is 2.96. The van der Waals surface area contributed by atoms with E-state index in [1.54, 1.807) is 30.2 Å². The summed E-state index contributed by atoms with van der Waals surface area (Å²) in [6.45, 7) is 0. The number of carbonyl (C=O) groups excluding carboxylic acids is 1. The molecule has 2 heterocycles. The van der Waals surface area contributed by atoms with E-state index in [0.717, 1.165) is 22.7 Å². The molecule has 3 rings (SSSR count). The van der Waals surface area contributed by atoms with Crippen LogP contribution in [0.4, 0.5) is 11.4 Å². The van der Waals surface area contributed by atoms with E-state index in [1.807, 2.05) is 61.5 Å². The maximum absolute atomic E-state index is 12.3. The molecular formula is C19H19N3O2S. The lowest BCUT2D eigenvalue weighted by Crippen LogP contribution is -2.11. The lowest BCUT2D eigenvalue weighted by Gasteiger charge is -2.12. The molecule has 25 heavy (non-hydrogen) atoms. The van der Waals surface area contributed by atoms with Gasteiger partial charge in [0.1, 0.15) is 0 Å². The van der Waals surface area contributed by atoms with Gasteiger partial charge in [0, 0.05) is 43.6 Å². The van der Waals surface area contributed by atoms with Crippen molar-refractivity contribution < 1.29 is 9.21 Å². The van der Waals surface area contributed by atoms with Crippen LogP contribution in [0, 0.1) is 0 Å². The van der Waals surface area contributed by atoms with Crippen molar-refractivity contribution in [2.75, 3.05) is 24.3 Å². The number of rotatable bonds is 6. The molecular weight excluding hydrogens is 334 g/mol. The Hall–Kier alpha value is -2.73. The number of nitrogens with zero attached hydrogens (tertiary/aromatic N) is 2. The zero-order valence-electron chi connectivity index (χ0n) is 14.1. The minimum absolute atomic E-state index is 0.256. The Balaban J connectivity index is 1.58. The van der Waals surface area contributed by atoms with Gasteiger partial charge in [-0.25, -0.2) is 0 Å². The fourth-order valence-corrected chi connectivity index (χ4v) is 3.00. The number of aromatic nitrogens is 1. The lowest BCUT2D eigenvalue weighted by molar-refractivity contribution is 0.0992. The number of hydrogen-bond donors (Lipinski definition) is 1. The quantitative estimate of drug-likeness (QED) is 0.670. The highest BCUT2D eigenvalue weighted by atomic mass is 32.2. The standard InChI is InChI=1S/C19H19N3O2S/c1-22(2)16-5-3-15(4-6-16)21-19(23)17-7-8-18(24-17)25-13-14-9-11-20-12-10-14/h3-12H,13H2,1-2H3,(H,21,23). The first kappa shape index (κ1) is 17.1. The third kappa shape index (κ3) is 4.64. The van der Waals surface area contributed by atoms with Crippen LogP contribution in [0.1, 0.15) is 16.1 Å². The Morgan fingerprint density at radius 1 is 1.08 bits per heavy atom. The average molecular weight is 353 g/mol. The van der Waals surface area contributed by atoms with E-state index in [9.17, 15) is 4.79 Å². The summed E-state index contributed by atoms with van der Waals surface area (Å²) in [6, 6.07) is 15.1. The van der Waals surface area contributed by atoms with Gasteiger partial charge in [0.05, 0.1) is 0 Å². The smallest absolute Gasteiger partial charge is 0.291 e. The molecule has 0 saturated carbocycles. The molecule has 0 radical (unpaired) electrons. The number of carbonyl (C=O) groups is 1. The van der Waals surface area contributed by atoms with Crippen LogP contribution >= 0.6 is 11.8 Å². The molecule has 1 N–H and O–H groups in total. The summed E-state index contributed by atoms with van der Waals surface area (Å²) < 4.78 is 5.63. The highest BCUT2D eigenvalue weighted by molar-refractivity contribution is 7.98. The van der Waals surface area contributed by atoms with Crippen molar-refractivity contribution in [1.82, 2.24) is 4.98 Å². The monoisotopic (exact) mass is 353 g/mol. The number of hydrogen-bond acceptors (Lipinski definition) is 5. The number of nitrogens with one attached hydrogen (secondary N) is 1. The van der Waals surface area contributed by atoms with Gasteiger partial charge >= 0.3 is 0 Å². The molecule has 0 saturated heterocycles. The van der Waals surface area contributed by atoms with Crippen molar-refractivity contribution >= 4 is 29.0 Å². The summed E-state index contributed by atoms with van der Waals surface area (Å²) in [7, 11) is 3.95. The molecule has 3 aromatic rings. The fourth-order valence-electron chi connectivity index (χ4n) is 2.19. The van der Waals surface area contributed by atoms with E-state index in [4.69, 9.17) is 4.42 Å². The van der Waals surface area contributed by atoms with Gasteiger partial charge in [-0.1, -0.05) is 11.8 Å². The number of pyridine rings is 1. The van der Waals surface area contributed by atoms with Gasteiger partial charge in [0.15, 0.2) is 10.9 Å². The van der Waals surface area contributed by atoms with Crippen LogP contribution in [-0.4, -0.2) is 25.0 Å². The summed E-state index contributed by atoms with van der Waals surface area (Å²) in [6.07, 6.45) is 3.52. The van der Waals surface area contributed by atoms with Crippen LogP contribution in [0.2, 0.25) is 0 Å². The number of anilines is 2. The summed E-state index contributed by atoms with van der Waals surface area (Å²) in [4.78, 5) is 18.3. The van der Waals surface area contributed by atoms with Gasteiger partial charge < -0.3 is 14.6 Å². The molecule has 0 bridgehead atoms. The minimum atomic E-state index is -0.256. The van der Waals surface area contributed by atoms with Crippen LogP contribution < -0.4 is 10.2 Å². The fraction of sp³-hybridized carbons (Fsp3) is 0.158. The first-order valence-corrected chi connectivity index (χ1v) is 8.80. The molecule has 0 aliphatic heterocycles. The predicted octanol–water partition coefficient (Wildman–Crippen LogP) is 4.29. The zero-order valence-corrected chi connectivity index (χ0v) is 14.9. The van der Waals surface area contributed by atoms with Crippen molar-refractivity contribution in [2.24, 2.45) is 0 Å². The van der Waals surface area contributed by atoms with E-state index in [2.05, 4.69) is 10.3 Å². The molecule has 0 aliphatic carbocycles. The van der Waals surface area contributed by atoms with Crippen molar-refractivity contribution in [1.29, 1.82) is 0 Å². The van der Waals surface area contributed by atoms with E-state index in [-0.39, 0.29) is 5.91 Å². The minimum Gasteiger partial charge on any atom is -0.445 e. The highest BCUT2D eigenvalue weighted by Gasteiger charge is 2.12. The van der Waals surface area contributed by atoms with Crippen LogP contribution in [0.25, 0.3) is 0 Å². The Labute approximate surface area is 151 Å². The van der Waals surface area contributed by atoms with Crippen molar-refractivity contribution in [3.63, 3.8) is 0 Å². The van der Waals surface area contributed by atoms with Gasteiger partial charge in [0.2, 0.25) is 0 Å². The van der Waals surface area contributed by atoms with Gasteiger partial charge in [-0.2, -0.15) is 0 Å². The van der Waals surface area contributed by atoms with Crippen LogP contribution in [-0.2, 0) is 5.75 Å². The van der Waals surface area contributed by atoms with E-state index in [1.165, 1.54) is 0 Å². The molecule has 5 nitrogen and oxygen atoms in total. The van der Waals surface area contributed by atoms with E-state index >= 15 is 0 Å². The molecule has 6 heteroatoms. The van der Waals surface area contributed by atoms with E-state index in [0.29, 0.717) is 10.9 Å². The number of thioether (sulfide) groups is 1. The van der Waals surface area contributed by atoms with Crippen molar-refractivity contribution in [2.45, 2.75) is 10.8 Å². The molecule has 0 fully saturated rings. The number of amides is 1. The predicted molar refractivity (Wildman–Crippen MR) is 101 cm³/mol. The molecule has 2 aromatic heterocycles. The maximum atomic E-state index is 12.3. The summed E-state index contributed by atoms with van der Waals surface area (Å²) in [5, 5.41) is 3.56. The maximum Gasteiger partial charge on any atom is 0.291 e. The highest BCUT2D eigenvalue weighted by Crippen LogP contribution is 2.25. The summed E-state index contributed by atoms with van der Waals surface area (Å²) >= 11 is 1.54. The Kier molecular flexibility index (Phi) is 5.40. The second kappa shape index (κ2) is 7.90. The van der Waals surface area contributed by atoms with E-state index < -0.39 is 0 Å². The molecule has 1 amide bonds. The van der Waals surface area contributed by atoms with Gasteiger partial charge in [0.25, 0.3) is 5.91 Å². The zero-order chi connectivity index (χ0) is 17.6. The van der Waals surface area contributed by atoms with Crippen molar-refractivity contribution in [3.05, 3.63) is 72.2 Å². The molecule has 0 unspecified atom stereocenters. The first-order valence-electron chi connectivity index (χ1n) is 7.82. The summed E-state index contributed by atoms with van der Waals surface area (Å²) in [5.74, 6) is 0.811. The number of benzene rings is 1. The SMILES string of the molecule is CN(C)c1ccc(NC(=O)c2ccc(SCc3ccncc3)o2)cc1. The third-order valence-corrected chi connectivity index (χ3v) is 4.56.